The number of hydrogen-bond donors (Lipinski definition) is 0. The molecule has 1 aromatic carbocycles. The lowest BCUT2D eigenvalue weighted by Gasteiger charge is -2.10. The predicted octanol–water partition coefficient (Wildman–Crippen LogP) is 4.23. The Morgan fingerprint density at radius 2 is 2.18 bits per heavy atom. The van der Waals surface area contributed by atoms with Gasteiger partial charge in [0, 0.05) is 12.5 Å². The van der Waals surface area contributed by atoms with Crippen LogP contribution in [0.15, 0.2) is 18.2 Å². The molecule has 1 aromatic heterocycles. The molecule has 114 valence electrons. The number of nitriles is 1. The quantitative estimate of drug-likeness (QED) is 0.775. The third-order valence-electron chi connectivity index (χ3n) is 3.04. The van der Waals surface area contributed by atoms with E-state index in [4.69, 9.17) is 4.74 Å². The lowest BCUT2D eigenvalue weighted by Crippen LogP contribution is -2.05. The minimum absolute atomic E-state index is 0.0126. The number of ketones is 1. The first-order valence-corrected chi connectivity index (χ1v) is 7.89. The number of hydrogen-bond acceptors (Lipinski definition) is 5. The first kappa shape index (κ1) is 16.2. The van der Waals surface area contributed by atoms with Crippen molar-refractivity contribution in [3.63, 3.8) is 0 Å². The van der Waals surface area contributed by atoms with Crippen molar-refractivity contribution in [2.24, 2.45) is 5.92 Å². The fourth-order valence-corrected chi connectivity index (χ4v) is 2.94. The van der Waals surface area contributed by atoms with Gasteiger partial charge in [0.25, 0.3) is 0 Å². The molecule has 0 atom stereocenters. The summed E-state index contributed by atoms with van der Waals surface area (Å²) in [6, 6.07) is 7.59. The summed E-state index contributed by atoms with van der Waals surface area (Å²) in [5, 5.41) is 10.0. The van der Waals surface area contributed by atoms with Crippen LogP contribution in [0.5, 0.6) is 5.75 Å². The van der Waals surface area contributed by atoms with E-state index in [-0.39, 0.29) is 5.78 Å². The van der Waals surface area contributed by atoms with Crippen LogP contribution in [-0.2, 0) is 0 Å². The summed E-state index contributed by atoms with van der Waals surface area (Å²) in [4.78, 5) is 16.6. The lowest BCUT2D eigenvalue weighted by molar-refractivity contribution is 0.102. The number of aromatic nitrogens is 1. The summed E-state index contributed by atoms with van der Waals surface area (Å²) in [6.45, 7) is 8.04. The Balaban J connectivity index is 2.35. The molecule has 22 heavy (non-hydrogen) atoms. The fourth-order valence-electron chi connectivity index (χ4n) is 1.98. The first-order chi connectivity index (χ1) is 10.4. The van der Waals surface area contributed by atoms with E-state index in [9.17, 15) is 10.1 Å². The van der Waals surface area contributed by atoms with Gasteiger partial charge >= 0.3 is 0 Å². The molecule has 0 amide bonds. The van der Waals surface area contributed by atoms with Crippen molar-refractivity contribution in [3.8, 4) is 22.4 Å². The number of thiazole rings is 1. The second kappa shape index (κ2) is 6.71. The molecule has 0 aliphatic heterocycles. The van der Waals surface area contributed by atoms with Crippen molar-refractivity contribution in [2.45, 2.75) is 27.7 Å². The van der Waals surface area contributed by atoms with Crippen LogP contribution in [0, 0.1) is 24.2 Å². The SMILES string of the molecule is CC(=O)c1sc(-c2ccc(OCC(C)C)c(C#N)c2)nc1C. The Labute approximate surface area is 134 Å². The minimum atomic E-state index is 0.0126. The predicted molar refractivity (Wildman–Crippen MR) is 87.3 cm³/mol. The summed E-state index contributed by atoms with van der Waals surface area (Å²) < 4.78 is 5.65. The van der Waals surface area contributed by atoms with E-state index in [1.165, 1.54) is 18.3 Å². The van der Waals surface area contributed by atoms with Gasteiger partial charge in [0.15, 0.2) is 5.78 Å². The summed E-state index contributed by atoms with van der Waals surface area (Å²) >= 11 is 1.35. The highest BCUT2D eigenvalue weighted by molar-refractivity contribution is 7.17. The van der Waals surface area contributed by atoms with Gasteiger partial charge in [0.1, 0.15) is 16.8 Å². The highest BCUT2D eigenvalue weighted by Crippen LogP contribution is 2.31. The van der Waals surface area contributed by atoms with Gasteiger partial charge in [-0.2, -0.15) is 5.26 Å². The summed E-state index contributed by atoms with van der Waals surface area (Å²) in [7, 11) is 0. The number of ether oxygens (including phenoxy) is 1. The van der Waals surface area contributed by atoms with Crippen LogP contribution in [0.4, 0.5) is 0 Å². The number of carbonyl (C=O) groups is 1. The molecule has 0 fully saturated rings. The average Bonchev–Trinajstić information content (AvgIpc) is 2.87. The average molecular weight is 314 g/mol. The van der Waals surface area contributed by atoms with E-state index >= 15 is 0 Å². The second-order valence-electron chi connectivity index (χ2n) is 5.52. The van der Waals surface area contributed by atoms with Crippen molar-refractivity contribution < 1.29 is 9.53 Å². The molecule has 4 nitrogen and oxygen atoms in total. The highest BCUT2D eigenvalue weighted by atomic mass is 32.1. The molecule has 0 aliphatic rings. The van der Waals surface area contributed by atoms with Gasteiger partial charge in [-0.1, -0.05) is 13.8 Å². The number of aryl methyl sites for hydroxylation is 1. The van der Waals surface area contributed by atoms with Crippen LogP contribution >= 0.6 is 11.3 Å². The molecule has 0 aliphatic carbocycles. The molecule has 0 saturated carbocycles. The van der Waals surface area contributed by atoms with E-state index in [0.29, 0.717) is 28.7 Å². The first-order valence-electron chi connectivity index (χ1n) is 7.08. The van der Waals surface area contributed by atoms with Gasteiger partial charge in [0.2, 0.25) is 0 Å². The molecule has 0 radical (unpaired) electrons. The lowest BCUT2D eigenvalue weighted by atomic mass is 10.1. The smallest absolute Gasteiger partial charge is 0.171 e. The van der Waals surface area contributed by atoms with Crippen LogP contribution in [0.3, 0.4) is 0 Å². The number of benzene rings is 1. The highest BCUT2D eigenvalue weighted by Gasteiger charge is 2.14. The molecule has 0 spiro atoms. The Morgan fingerprint density at radius 3 is 2.73 bits per heavy atom. The van der Waals surface area contributed by atoms with Gasteiger partial charge in [-0.25, -0.2) is 4.98 Å². The van der Waals surface area contributed by atoms with Crippen LogP contribution < -0.4 is 4.74 Å². The number of carbonyl (C=O) groups excluding carboxylic acids is 1. The van der Waals surface area contributed by atoms with Crippen molar-refractivity contribution in [2.75, 3.05) is 6.61 Å². The number of rotatable bonds is 5. The number of nitrogens with zero attached hydrogens (tertiary/aromatic N) is 2. The summed E-state index contributed by atoms with van der Waals surface area (Å²) in [5.74, 6) is 0.990. The van der Waals surface area contributed by atoms with Gasteiger partial charge in [-0.05, 0) is 31.0 Å². The third kappa shape index (κ3) is 3.52. The van der Waals surface area contributed by atoms with E-state index < -0.39 is 0 Å². The van der Waals surface area contributed by atoms with E-state index in [1.54, 1.807) is 12.1 Å². The van der Waals surface area contributed by atoms with Crippen LogP contribution in [0.25, 0.3) is 10.6 Å². The maximum Gasteiger partial charge on any atom is 0.171 e. The normalized spacial score (nSPS) is 10.5. The molecular formula is C17H18N2O2S. The molecule has 1 heterocycles. The zero-order chi connectivity index (χ0) is 16.3. The molecule has 2 aromatic rings. The minimum Gasteiger partial charge on any atom is -0.492 e. The fraction of sp³-hybridized carbons (Fsp3) is 0.353. The molecule has 0 saturated heterocycles. The van der Waals surface area contributed by atoms with Crippen LogP contribution in [0.2, 0.25) is 0 Å². The largest absolute Gasteiger partial charge is 0.492 e. The molecule has 0 N–H and O–H groups in total. The van der Waals surface area contributed by atoms with E-state index in [1.807, 2.05) is 13.0 Å². The van der Waals surface area contributed by atoms with E-state index in [2.05, 4.69) is 24.9 Å². The number of Topliss-reactive ketones (excluding diaryl/α,β-unsaturated/α-hetero) is 1. The van der Waals surface area contributed by atoms with E-state index in [0.717, 1.165) is 16.3 Å². The topological polar surface area (TPSA) is 63.0 Å². The zero-order valence-electron chi connectivity index (χ0n) is 13.1. The second-order valence-corrected chi connectivity index (χ2v) is 6.52. The van der Waals surface area contributed by atoms with Gasteiger partial charge in [-0.3, -0.25) is 4.79 Å². The Morgan fingerprint density at radius 1 is 1.45 bits per heavy atom. The summed E-state index contributed by atoms with van der Waals surface area (Å²) in [6.07, 6.45) is 0. The van der Waals surface area contributed by atoms with Gasteiger partial charge in [0.05, 0.1) is 22.7 Å². The van der Waals surface area contributed by atoms with Crippen LogP contribution in [-0.4, -0.2) is 17.4 Å². The van der Waals surface area contributed by atoms with Crippen molar-refractivity contribution in [1.82, 2.24) is 4.98 Å². The maximum absolute atomic E-state index is 11.5. The van der Waals surface area contributed by atoms with Crippen molar-refractivity contribution in [1.29, 1.82) is 5.26 Å². The van der Waals surface area contributed by atoms with Crippen molar-refractivity contribution >= 4 is 17.1 Å². The summed E-state index contributed by atoms with van der Waals surface area (Å²) in [5.41, 5.74) is 2.04. The molecule has 0 bridgehead atoms. The maximum atomic E-state index is 11.5. The molecule has 5 heteroatoms. The monoisotopic (exact) mass is 314 g/mol. The molecule has 0 unspecified atom stereocenters. The van der Waals surface area contributed by atoms with Gasteiger partial charge in [-0.15, -0.1) is 11.3 Å². The van der Waals surface area contributed by atoms with Crippen LogP contribution in [0.1, 0.15) is 41.7 Å². The Bertz CT molecular complexity index is 742. The van der Waals surface area contributed by atoms with Crippen molar-refractivity contribution in [3.05, 3.63) is 34.3 Å². The van der Waals surface area contributed by atoms with Gasteiger partial charge < -0.3 is 4.74 Å². The third-order valence-corrected chi connectivity index (χ3v) is 4.34. The standard InChI is InChI=1S/C17H18N2O2S/c1-10(2)9-21-15-6-5-13(7-14(15)8-18)17-19-11(3)16(22-17)12(4)20/h5-7,10H,9H2,1-4H3. The molecule has 2 rings (SSSR count). The Hall–Kier alpha value is -2.19. The zero-order valence-corrected chi connectivity index (χ0v) is 14.0. The molecular weight excluding hydrogens is 296 g/mol. The Kier molecular flexibility index (Phi) is 4.94.